The Labute approximate surface area is 117 Å². The van der Waals surface area contributed by atoms with E-state index in [0.29, 0.717) is 18.5 Å². The van der Waals surface area contributed by atoms with Gasteiger partial charge in [0.25, 0.3) is 0 Å². The number of piperazine rings is 1. The molecule has 6 nitrogen and oxygen atoms in total. The van der Waals surface area contributed by atoms with Crippen LogP contribution in [-0.4, -0.2) is 54.2 Å². The van der Waals surface area contributed by atoms with Gasteiger partial charge in [0.15, 0.2) is 0 Å². The van der Waals surface area contributed by atoms with E-state index in [1.165, 1.54) is 6.33 Å². The highest BCUT2D eigenvalue weighted by Gasteiger charge is 2.17. The van der Waals surface area contributed by atoms with E-state index in [9.17, 15) is 0 Å². The molecule has 1 aliphatic rings. The summed E-state index contributed by atoms with van der Waals surface area (Å²) in [6.07, 6.45) is 1.47. The first-order chi connectivity index (χ1) is 9.74. The Morgan fingerprint density at radius 3 is 3.20 bits per heavy atom. The number of nitrogens with one attached hydrogen (secondary N) is 1. The summed E-state index contributed by atoms with van der Waals surface area (Å²) in [5.74, 6) is 1.20. The standard InChI is InChI=1S/C14H19N5O/c1-19-6-5-16-10(7-19)8-20-12-4-2-3-11-13(12)14(15)18-9-17-11/h2-4,9-10,16H,5-8H2,1H3,(H2,15,17,18)/t10-/m1/s1. The molecule has 1 aromatic carbocycles. The highest BCUT2D eigenvalue weighted by Crippen LogP contribution is 2.27. The van der Waals surface area contributed by atoms with E-state index in [2.05, 4.69) is 27.2 Å². The smallest absolute Gasteiger partial charge is 0.138 e. The van der Waals surface area contributed by atoms with Crippen molar-refractivity contribution >= 4 is 16.7 Å². The fourth-order valence-corrected chi connectivity index (χ4v) is 2.52. The molecule has 0 spiro atoms. The van der Waals surface area contributed by atoms with E-state index in [4.69, 9.17) is 10.5 Å². The molecular formula is C14H19N5O. The highest BCUT2D eigenvalue weighted by molar-refractivity contribution is 5.93. The Balaban J connectivity index is 1.77. The third-order valence-corrected chi connectivity index (χ3v) is 3.55. The SMILES string of the molecule is CN1CCN[C@@H](COc2cccc3ncnc(N)c23)C1. The van der Waals surface area contributed by atoms with E-state index in [1.807, 2.05) is 18.2 Å². The van der Waals surface area contributed by atoms with Crippen LogP contribution in [0.5, 0.6) is 5.75 Å². The molecule has 1 aliphatic heterocycles. The molecule has 0 radical (unpaired) electrons. The summed E-state index contributed by atoms with van der Waals surface area (Å²) in [5.41, 5.74) is 6.74. The fourth-order valence-electron chi connectivity index (χ4n) is 2.52. The highest BCUT2D eigenvalue weighted by atomic mass is 16.5. The number of nitrogens with zero attached hydrogens (tertiary/aromatic N) is 3. The summed E-state index contributed by atoms with van der Waals surface area (Å²) < 4.78 is 5.94. The van der Waals surface area contributed by atoms with Crippen LogP contribution in [0.3, 0.4) is 0 Å². The number of rotatable bonds is 3. The maximum atomic E-state index is 5.94. The van der Waals surface area contributed by atoms with Gasteiger partial charge in [-0.2, -0.15) is 0 Å². The third kappa shape index (κ3) is 2.66. The van der Waals surface area contributed by atoms with Crippen LogP contribution in [0.1, 0.15) is 0 Å². The predicted octanol–water partition coefficient (Wildman–Crippen LogP) is 0.494. The lowest BCUT2D eigenvalue weighted by Gasteiger charge is -2.30. The fraction of sp³-hybridized carbons (Fsp3) is 0.429. The molecule has 0 amide bonds. The van der Waals surface area contributed by atoms with E-state index in [-0.39, 0.29) is 0 Å². The molecule has 2 heterocycles. The molecule has 2 aromatic rings. The van der Waals surface area contributed by atoms with Gasteiger partial charge >= 0.3 is 0 Å². The molecule has 1 saturated heterocycles. The van der Waals surface area contributed by atoms with E-state index in [1.54, 1.807) is 0 Å². The molecule has 0 saturated carbocycles. The minimum absolute atomic E-state index is 0.329. The van der Waals surface area contributed by atoms with Crippen LogP contribution in [-0.2, 0) is 0 Å². The van der Waals surface area contributed by atoms with Gasteiger partial charge in [-0.3, -0.25) is 0 Å². The summed E-state index contributed by atoms with van der Waals surface area (Å²) >= 11 is 0. The second kappa shape index (κ2) is 5.60. The normalized spacial score (nSPS) is 20.1. The third-order valence-electron chi connectivity index (χ3n) is 3.55. The maximum Gasteiger partial charge on any atom is 0.138 e. The zero-order chi connectivity index (χ0) is 13.9. The zero-order valence-corrected chi connectivity index (χ0v) is 11.5. The molecule has 3 N–H and O–H groups in total. The van der Waals surface area contributed by atoms with Crippen molar-refractivity contribution in [2.45, 2.75) is 6.04 Å². The maximum absolute atomic E-state index is 5.94. The van der Waals surface area contributed by atoms with Gasteiger partial charge in [0.1, 0.15) is 24.5 Å². The van der Waals surface area contributed by atoms with Crippen LogP contribution in [0.2, 0.25) is 0 Å². The van der Waals surface area contributed by atoms with Crippen molar-refractivity contribution in [3.05, 3.63) is 24.5 Å². The van der Waals surface area contributed by atoms with E-state index >= 15 is 0 Å². The van der Waals surface area contributed by atoms with Gasteiger partial charge in [-0.05, 0) is 19.2 Å². The summed E-state index contributed by atoms with van der Waals surface area (Å²) in [7, 11) is 2.12. The molecular weight excluding hydrogens is 254 g/mol. The second-order valence-corrected chi connectivity index (χ2v) is 5.13. The van der Waals surface area contributed by atoms with Crippen LogP contribution >= 0.6 is 0 Å². The Bertz CT molecular complexity index is 598. The minimum Gasteiger partial charge on any atom is -0.491 e. The van der Waals surface area contributed by atoms with Crippen molar-refractivity contribution < 1.29 is 4.74 Å². The van der Waals surface area contributed by atoms with Crippen LogP contribution in [0.15, 0.2) is 24.5 Å². The summed E-state index contributed by atoms with van der Waals surface area (Å²) in [6, 6.07) is 6.07. The van der Waals surface area contributed by atoms with Crippen LogP contribution in [0.25, 0.3) is 10.9 Å². The molecule has 1 atom stereocenters. The van der Waals surface area contributed by atoms with Crippen LogP contribution in [0.4, 0.5) is 5.82 Å². The molecule has 0 aliphatic carbocycles. The topological polar surface area (TPSA) is 76.3 Å². The molecule has 6 heteroatoms. The molecule has 0 bridgehead atoms. The number of hydrogen-bond donors (Lipinski definition) is 2. The Kier molecular flexibility index (Phi) is 3.66. The number of aromatic nitrogens is 2. The van der Waals surface area contributed by atoms with Gasteiger partial charge in [0, 0.05) is 19.6 Å². The average molecular weight is 273 g/mol. The number of anilines is 1. The van der Waals surface area contributed by atoms with Crippen molar-refractivity contribution in [1.82, 2.24) is 20.2 Å². The van der Waals surface area contributed by atoms with Crippen LogP contribution in [0, 0.1) is 0 Å². The van der Waals surface area contributed by atoms with Crippen LogP contribution < -0.4 is 15.8 Å². The van der Waals surface area contributed by atoms with Crippen molar-refractivity contribution in [1.29, 1.82) is 0 Å². The Morgan fingerprint density at radius 1 is 1.45 bits per heavy atom. The first kappa shape index (κ1) is 13.1. The second-order valence-electron chi connectivity index (χ2n) is 5.13. The lowest BCUT2D eigenvalue weighted by atomic mass is 10.2. The van der Waals surface area contributed by atoms with Gasteiger partial charge in [0.2, 0.25) is 0 Å². The van der Waals surface area contributed by atoms with Gasteiger partial charge in [-0.1, -0.05) is 6.07 Å². The average Bonchev–Trinajstić information content (AvgIpc) is 2.45. The first-order valence-corrected chi connectivity index (χ1v) is 6.78. The minimum atomic E-state index is 0.329. The molecule has 1 aromatic heterocycles. The molecule has 1 fully saturated rings. The quantitative estimate of drug-likeness (QED) is 0.848. The van der Waals surface area contributed by atoms with E-state index < -0.39 is 0 Å². The largest absolute Gasteiger partial charge is 0.491 e. The van der Waals surface area contributed by atoms with Crippen molar-refractivity contribution in [3.8, 4) is 5.75 Å². The molecule has 0 unspecified atom stereocenters. The lowest BCUT2D eigenvalue weighted by Crippen LogP contribution is -2.51. The Hall–Kier alpha value is -1.92. The van der Waals surface area contributed by atoms with Crippen molar-refractivity contribution in [2.75, 3.05) is 39.0 Å². The number of ether oxygens (including phenoxy) is 1. The van der Waals surface area contributed by atoms with Gasteiger partial charge in [-0.15, -0.1) is 0 Å². The predicted molar refractivity (Wildman–Crippen MR) is 78.7 cm³/mol. The zero-order valence-electron chi connectivity index (χ0n) is 11.5. The number of nitrogens with two attached hydrogens (primary N) is 1. The summed E-state index contributed by atoms with van der Waals surface area (Å²) in [6.45, 7) is 3.66. The number of benzene rings is 1. The lowest BCUT2D eigenvalue weighted by molar-refractivity contribution is 0.181. The van der Waals surface area contributed by atoms with Gasteiger partial charge in [-0.25, -0.2) is 9.97 Å². The number of hydrogen-bond acceptors (Lipinski definition) is 6. The summed E-state index contributed by atoms with van der Waals surface area (Å²) in [4.78, 5) is 10.5. The molecule has 20 heavy (non-hydrogen) atoms. The molecule has 106 valence electrons. The molecule has 3 rings (SSSR count). The van der Waals surface area contributed by atoms with Gasteiger partial charge in [0.05, 0.1) is 16.9 Å². The van der Waals surface area contributed by atoms with Crippen molar-refractivity contribution in [2.24, 2.45) is 0 Å². The Morgan fingerprint density at radius 2 is 2.35 bits per heavy atom. The number of likely N-dealkylation sites (N-methyl/N-ethyl adjacent to an activating group) is 1. The van der Waals surface area contributed by atoms with E-state index in [0.717, 1.165) is 36.3 Å². The number of nitrogen functional groups attached to an aromatic ring is 1. The van der Waals surface area contributed by atoms with Crippen molar-refractivity contribution in [3.63, 3.8) is 0 Å². The first-order valence-electron chi connectivity index (χ1n) is 6.78. The summed E-state index contributed by atoms with van der Waals surface area (Å²) in [5, 5.41) is 4.24. The van der Waals surface area contributed by atoms with Gasteiger partial charge < -0.3 is 20.7 Å². The number of fused-ring (bicyclic) bond motifs is 1. The monoisotopic (exact) mass is 273 g/mol.